The van der Waals surface area contributed by atoms with E-state index in [1.165, 1.54) is 18.2 Å². The Labute approximate surface area is 126 Å². The highest BCUT2D eigenvalue weighted by Gasteiger charge is 2.65. The highest BCUT2D eigenvalue weighted by Crippen LogP contribution is 2.34. The van der Waals surface area contributed by atoms with Crippen LogP contribution in [0.25, 0.3) is 0 Å². The van der Waals surface area contributed by atoms with E-state index in [0.29, 0.717) is 0 Å². The number of alkyl halides is 3. The van der Waals surface area contributed by atoms with Crippen LogP contribution < -0.4 is 0 Å². The Morgan fingerprint density at radius 1 is 1.05 bits per heavy atom. The van der Waals surface area contributed by atoms with E-state index in [1.807, 2.05) is 0 Å². The Morgan fingerprint density at radius 3 is 1.85 bits per heavy atom. The van der Waals surface area contributed by atoms with Crippen LogP contribution in [0.3, 0.4) is 0 Å². The molecule has 8 nitrogen and oxygen atoms in total. The maximum absolute atomic E-state index is 11.4. The Hall–Kier alpha value is -1.64. The van der Waals surface area contributed by atoms with Gasteiger partial charge in [0.15, 0.2) is 5.56 Å². The number of hydrogen-bond acceptors (Lipinski definition) is 6. The molecule has 1 aromatic rings. The molecule has 0 aliphatic carbocycles. The minimum absolute atomic E-state index is 0.502. The maximum atomic E-state index is 11.4. The Kier molecular flexibility index (Phi) is 4.74. The van der Waals surface area contributed by atoms with Gasteiger partial charge in [0, 0.05) is 0 Å². The van der Waals surface area contributed by atoms with E-state index < -0.39 is 31.0 Å². The predicted molar refractivity (Wildman–Crippen MR) is 68.5 cm³/mol. The van der Waals surface area contributed by atoms with Crippen LogP contribution in [-0.4, -0.2) is 19.6 Å². The van der Waals surface area contributed by atoms with Gasteiger partial charge in [0.2, 0.25) is 0 Å². The highest BCUT2D eigenvalue weighted by atomic mass is 35.6. The Bertz CT molecular complexity index is 530. The molecule has 1 rings (SSSR count). The number of carbonyl (C=O) groups excluding carboxylic acids is 1. The fourth-order valence-electron chi connectivity index (χ4n) is 1.25. The lowest BCUT2D eigenvalue weighted by Gasteiger charge is -2.18. The molecular formula is C9H5Cl3N2O6. The van der Waals surface area contributed by atoms with Gasteiger partial charge >= 0.3 is 11.8 Å². The summed E-state index contributed by atoms with van der Waals surface area (Å²) < 4.78 is 1.59. The molecule has 20 heavy (non-hydrogen) atoms. The van der Waals surface area contributed by atoms with Crippen molar-refractivity contribution in [1.29, 1.82) is 0 Å². The number of rotatable bonds is 4. The van der Waals surface area contributed by atoms with Crippen molar-refractivity contribution in [3.05, 3.63) is 56.1 Å². The molecule has 0 heterocycles. The fourth-order valence-corrected chi connectivity index (χ4v) is 1.37. The molecule has 0 bridgehead atoms. The van der Waals surface area contributed by atoms with E-state index in [2.05, 4.69) is 4.74 Å². The number of esters is 1. The smallest absolute Gasteiger partial charge is 0.329 e. The zero-order chi connectivity index (χ0) is 15.6. The molecule has 0 N–H and O–H groups in total. The molecule has 108 valence electrons. The van der Waals surface area contributed by atoms with Gasteiger partial charge in [0.25, 0.3) is 3.79 Å². The van der Waals surface area contributed by atoms with Crippen molar-refractivity contribution < 1.29 is 19.4 Å². The van der Waals surface area contributed by atoms with E-state index in [0.717, 1.165) is 12.1 Å². The van der Waals surface area contributed by atoms with Crippen LogP contribution in [0.15, 0.2) is 30.3 Å². The third-order valence-corrected chi connectivity index (χ3v) is 2.57. The highest BCUT2D eigenvalue weighted by molar-refractivity contribution is 6.75. The van der Waals surface area contributed by atoms with E-state index >= 15 is 0 Å². The average Bonchev–Trinajstić information content (AvgIpc) is 2.34. The number of nitro groups is 2. The van der Waals surface area contributed by atoms with Crippen molar-refractivity contribution >= 4 is 40.8 Å². The second-order valence-electron chi connectivity index (χ2n) is 3.38. The summed E-state index contributed by atoms with van der Waals surface area (Å²) in [4.78, 5) is 30.8. The molecule has 1 aromatic carbocycles. The SMILES string of the molecule is O=C(OC(c1ccccc1)([N+](=O)[O-])[N+](=O)[O-])C(Cl)(Cl)Cl. The number of halogens is 3. The van der Waals surface area contributed by atoms with Crippen LogP contribution in [0.2, 0.25) is 0 Å². The molecular weight excluding hydrogens is 338 g/mol. The van der Waals surface area contributed by atoms with Crippen molar-refractivity contribution in [2.45, 2.75) is 9.64 Å². The van der Waals surface area contributed by atoms with Crippen LogP contribution in [0, 0.1) is 20.2 Å². The zero-order valence-electron chi connectivity index (χ0n) is 9.36. The lowest BCUT2D eigenvalue weighted by atomic mass is 10.1. The molecule has 0 saturated carbocycles. The summed E-state index contributed by atoms with van der Waals surface area (Å²) in [6.07, 6.45) is 0. The first-order valence-electron chi connectivity index (χ1n) is 4.77. The first-order chi connectivity index (χ1) is 9.12. The van der Waals surface area contributed by atoms with Gasteiger partial charge in [0.1, 0.15) is 9.85 Å². The van der Waals surface area contributed by atoms with Gasteiger partial charge in [-0.1, -0.05) is 53.0 Å². The third-order valence-electron chi connectivity index (χ3n) is 2.11. The molecule has 0 fully saturated rings. The Balaban J connectivity index is 3.39. The molecule has 0 atom stereocenters. The second-order valence-corrected chi connectivity index (χ2v) is 5.66. The van der Waals surface area contributed by atoms with Crippen LogP contribution in [0.1, 0.15) is 5.56 Å². The summed E-state index contributed by atoms with van der Waals surface area (Å²) >= 11 is 15.6. The van der Waals surface area contributed by atoms with Gasteiger partial charge in [-0.2, -0.15) is 0 Å². The van der Waals surface area contributed by atoms with E-state index in [1.54, 1.807) is 0 Å². The zero-order valence-corrected chi connectivity index (χ0v) is 11.6. The molecule has 11 heteroatoms. The first kappa shape index (κ1) is 16.4. The average molecular weight is 344 g/mol. The molecule has 0 spiro atoms. The fraction of sp³-hybridized carbons (Fsp3) is 0.222. The van der Waals surface area contributed by atoms with Crippen molar-refractivity contribution in [3.63, 3.8) is 0 Å². The van der Waals surface area contributed by atoms with Crippen LogP contribution >= 0.6 is 34.8 Å². The summed E-state index contributed by atoms with van der Waals surface area (Å²) in [5, 5.41) is 22.2. The Morgan fingerprint density at radius 2 is 1.50 bits per heavy atom. The van der Waals surface area contributed by atoms with Crippen molar-refractivity contribution in [2.75, 3.05) is 0 Å². The van der Waals surface area contributed by atoms with Gasteiger partial charge in [-0.05, 0) is 12.1 Å². The van der Waals surface area contributed by atoms with Gasteiger partial charge in [0.05, 0.1) is 0 Å². The quantitative estimate of drug-likeness (QED) is 0.272. The molecule has 0 amide bonds. The molecule has 0 unspecified atom stereocenters. The van der Waals surface area contributed by atoms with Crippen LogP contribution in [0.4, 0.5) is 0 Å². The van der Waals surface area contributed by atoms with E-state index in [-0.39, 0.29) is 0 Å². The minimum Gasteiger partial charge on any atom is -0.329 e. The summed E-state index contributed by atoms with van der Waals surface area (Å²) in [5.74, 6) is -5.12. The van der Waals surface area contributed by atoms with Crippen molar-refractivity contribution in [2.24, 2.45) is 0 Å². The number of benzene rings is 1. The molecule has 0 radical (unpaired) electrons. The van der Waals surface area contributed by atoms with Gasteiger partial charge in [-0.15, -0.1) is 0 Å². The largest absolute Gasteiger partial charge is 0.651 e. The van der Waals surface area contributed by atoms with Crippen LogP contribution in [0.5, 0.6) is 0 Å². The maximum Gasteiger partial charge on any atom is 0.651 e. The normalized spacial score (nSPS) is 11.8. The standard InChI is InChI=1S/C9H5Cl3N2O6/c10-8(11,12)7(15)20-9(13(16)17,14(18)19)6-4-2-1-3-5-6/h1-5H. The molecule has 0 saturated heterocycles. The minimum atomic E-state index is -3.39. The lowest BCUT2D eigenvalue weighted by molar-refractivity contribution is -0.858. The number of hydrogen-bond donors (Lipinski definition) is 0. The summed E-state index contributed by atoms with van der Waals surface area (Å²) in [6, 6.07) is 6.12. The second kappa shape index (κ2) is 5.78. The predicted octanol–water partition coefficient (Wildman–Crippen LogP) is 2.26. The summed E-state index contributed by atoms with van der Waals surface area (Å²) in [7, 11) is 0. The lowest BCUT2D eigenvalue weighted by Crippen LogP contribution is -2.49. The van der Waals surface area contributed by atoms with Crippen LogP contribution in [-0.2, 0) is 15.4 Å². The monoisotopic (exact) mass is 342 g/mol. The molecule has 0 aromatic heterocycles. The summed E-state index contributed by atoms with van der Waals surface area (Å²) in [5.41, 5.74) is -0.502. The van der Waals surface area contributed by atoms with Gasteiger partial charge < -0.3 is 4.74 Å². The van der Waals surface area contributed by atoms with E-state index in [4.69, 9.17) is 34.8 Å². The topological polar surface area (TPSA) is 113 Å². The van der Waals surface area contributed by atoms with Gasteiger partial charge in [-0.25, -0.2) is 4.79 Å². The van der Waals surface area contributed by atoms with Gasteiger partial charge in [-0.3, -0.25) is 20.2 Å². The summed E-state index contributed by atoms with van der Waals surface area (Å²) in [6.45, 7) is 0. The first-order valence-corrected chi connectivity index (χ1v) is 5.90. The molecule has 0 aliphatic rings. The third kappa shape index (κ3) is 3.09. The van der Waals surface area contributed by atoms with Crippen molar-refractivity contribution in [3.8, 4) is 0 Å². The number of ether oxygens (including phenoxy) is 1. The van der Waals surface area contributed by atoms with E-state index in [9.17, 15) is 25.0 Å². The number of carbonyl (C=O) groups is 1. The van der Waals surface area contributed by atoms with Crippen molar-refractivity contribution in [1.82, 2.24) is 0 Å². The molecule has 0 aliphatic heterocycles. The number of nitrogens with zero attached hydrogens (tertiary/aromatic N) is 2.